The van der Waals surface area contributed by atoms with Crippen LogP contribution in [-0.4, -0.2) is 77.8 Å². The number of likely N-dealkylation sites (tertiary alicyclic amines) is 2. The number of rotatable bonds is 7. The van der Waals surface area contributed by atoms with E-state index in [0.29, 0.717) is 57.0 Å². The van der Waals surface area contributed by atoms with E-state index >= 15 is 0 Å². The topological polar surface area (TPSA) is 142 Å². The SMILES string of the molecule is COc1cccc2c(C(=O)N3[C@@H]4C[C@@H]4C[C@H]3c3ncc(C#Cc4ccc5cc(-c6cnc([C@@H]7C[C@H]8C[C@H]8N7C(=O)c7nc(Cl)cc8c(OC)cccc78)[nH]6)ccc5c4)[nH]3)nc(Cl)cc12. The van der Waals surface area contributed by atoms with Crippen molar-refractivity contribution in [3.8, 4) is 34.6 Å². The lowest BCUT2D eigenvalue weighted by Gasteiger charge is -2.26. The maximum atomic E-state index is 14.3. The largest absolute Gasteiger partial charge is 0.496 e. The van der Waals surface area contributed by atoms with Gasteiger partial charge in [-0.3, -0.25) is 9.59 Å². The highest BCUT2D eigenvalue weighted by atomic mass is 35.5. The van der Waals surface area contributed by atoms with Crippen molar-refractivity contribution in [1.82, 2.24) is 39.7 Å². The minimum Gasteiger partial charge on any atom is -0.496 e. The number of pyridine rings is 2. The lowest BCUT2D eigenvalue weighted by Crippen LogP contribution is -2.34. The van der Waals surface area contributed by atoms with E-state index < -0.39 is 0 Å². The molecule has 12 rings (SSSR count). The molecular formula is C50H38Cl2N8O4. The van der Waals surface area contributed by atoms with Crippen LogP contribution in [0.4, 0.5) is 0 Å². The molecule has 2 aliphatic carbocycles. The number of benzene rings is 4. The lowest BCUT2D eigenvalue weighted by atomic mass is 10.0. The van der Waals surface area contributed by atoms with Crippen molar-refractivity contribution >= 4 is 67.3 Å². The molecule has 12 nitrogen and oxygen atoms in total. The quantitative estimate of drug-likeness (QED) is 0.119. The van der Waals surface area contributed by atoms with Gasteiger partial charge in [-0.15, -0.1) is 0 Å². The maximum Gasteiger partial charge on any atom is 0.274 e. The van der Waals surface area contributed by atoms with Gasteiger partial charge in [-0.1, -0.05) is 71.6 Å². The zero-order chi connectivity index (χ0) is 43.4. The van der Waals surface area contributed by atoms with E-state index in [1.54, 1.807) is 32.5 Å². The molecule has 0 spiro atoms. The second-order valence-electron chi connectivity index (χ2n) is 17.1. The van der Waals surface area contributed by atoms with Gasteiger partial charge in [0.2, 0.25) is 0 Å². The summed E-state index contributed by atoms with van der Waals surface area (Å²) >= 11 is 12.9. The van der Waals surface area contributed by atoms with Crippen LogP contribution in [0.1, 0.15) is 81.7 Å². The molecule has 2 saturated heterocycles. The molecule has 4 aromatic carbocycles. The summed E-state index contributed by atoms with van der Waals surface area (Å²) in [5.41, 5.74) is 4.02. The van der Waals surface area contributed by atoms with E-state index in [0.717, 1.165) is 69.9 Å². The molecule has 0 bridgehead atoms. The number of nitrogens with one attached hydrogen (secondary N) is 2. The number of hydrogen-bond donors (Lipinski definition) is 2. The molecule has 6 heterocycles. The van der Waals surface area contributed by atoms with Gasteiger partial charge in [-0.05, 0) is 96.7 Å². The van der Waals surface area contributed by atoms with Crippen LogP contribution >= 0.6 is 23.2 Å². The van der Waals surface area contributed by atoms with Crippen molar-refractivity contribution < 1.29 is 19.1 Å². The third kappa shape index (κ3) is 6.44. The Hall–Kier alpha value is -6.94. The van der Waals surface area contributed by atoms with Crippen LogP contribution in [-0.2, 0) is 0 Å². The molecule has 8 aromatic rings. The second-order valence-corrected chi connectivity index (χ2v) is 17.9. The van der Waals surface area contributed by atoms with Crippen molar-refractivity contribution in [1.29, 1.82) is 0 Å². The Labute approximate surface area is 376 Å². The molecule has 316 valence electrons. The average Bonchev–Trinajstić information content (AvgIpc) is 3.91. The Kier molecular flexibility index (Phi) is 8.97. The first-order valence-electron chi connectivity index (χ1n) is 21.3. The number of nitrogens with zero attached hydrogens (tertiary/aromatic N) is 6. The van der Waals surface area contributed by atoms with Crippen molar-refractivity contribution in [2.75, 3.05) is 14.2 Å². The predicted octanol–water partition coefficient (Wildman–Crippen LogP) is 9.72. The van der Waals surface area contributed by atoms with Crippen LogP contribution in [0.3, 0.4) is 0 Å². The van der Waals surface area contributed by atoms with Gasteiger partial charge in [-0.2, -0.15) is 0 Å². The summed E-state index contributed by atoms with van der Waals surface area (Å²) in [5, 5.41) is 5.49. The smallest absolute Gasteiger partial charge is 0.274 e. The second kappa shape index (κ2) is 14.8. The first-order valence-corrected chi connectivity index (χ1v) is 22.1. The normalized spacial score (nSPS) is 21.8. The number of amides is 2. The van der Waals surface area contributed by atoms with E-state index in [9.17, 15) is 9.59 Å². The van der Waals surface area contributed by atoms with Crippen molar-refractivity contribution in [3.63, 3.8) is 0 Å². The first-order chi connectivity index (χ1) is 31.2. The summed E-state index contributed by atoms with van der Waals surface area (Å²) < 4.78 is 11.1. The fourth-order valence-electron chi connectivity index (χ4n) is 10.2. The van der Waals surface area contributed by atoms with Crippen LogP contribution < -0.4 is 9.47 Å². The van der Waals surface area contributed by atoms with Crippen LogP contribution in [0.2, 0.25) is 10.3 Å². The molecular weight excluding hydrogens is 848 g/mol. The van der Waals surface area contributed by atoms with Gasteiger partial charge in [-0.25, -0.2) is 19.9 Å². The number of carbonyl (C=O) groups excluding carboxylic acids is 2. The zero-order valence-electron chi connectivity index (χ0n) is 34.6. The summed E-state index contributed by atoms with van der Waals surface area (Å²) in [6.45, 7) is 0. The minimum absolute atomic E-state index is 0.135. The highest BCUT2D eigenvalue weighted by Gasteiger charge is 2.56. The van der Waals surface area contributed by atoms with Gasteiger partial charge in [0.25, 0.3) is 11.8 Å². The first kappa shape index (κ1) is 38.7. The standard InChI is InChI=1S/C50H38Cl2N8O4/c1-63-41-7-3-5-32-34(41)21-43(51)57-45(32)49(61)59-37-17-29(37)19-39(59)47-53-23-31(55-47)14-10-25-9-11-27-16-28(13-12-26(27)15-25)36-24-54-48(56-36)40-20-30-18-38(30)60(40)50(62)46-33-6-4-8-42(64-2)35(33)22-44(52)58-46/h3-9,11-13,15-16,21-24,29-30,37-40H,17-20H2,1-2H3,(H,53,55)(H,54,56)/t29-,30-,37-,38-,39+,40+/m1/s1. The Morgan fingerprint density at radius 3 is 1.81 bits per heavy atom. The molecule has 64 heavy (non-hydrogen) atoms. The Morgan fingerprint density at radius 1 is 0.641 bits per heavy atom. The third-order valence-electron chi connectivity index (χ3n) is 13.4. The number of aromatic amines is 2. The van der Waals surface area contributed by atoms with Crippen molar-refractivity contribution in [2.24, 2.45) is 11.8 Å². The van der Waals surface area contributed by atoms with E-state index in [2.05, 4.69) is 62.1 Å². The monoisotopic (exact) mass is 884 g/mol. The maximum absolute atomic E-state index is 14.3. The lowest BCUT2D eigenvalue weighted by molar-refractivity contribution is 0.0681. The van der Waals surface area contributed by atoms with Crippen molar-refractivity contribution in [2.45, 2.75) is 49.9 Å². The molecule has 2 saturated carbocycles. The van der Waals surface area contributed by atoms with E-state index in [1.807, 2.05) is 58.5 Å². The van der Waals surface area contributed by atoms with Crippen LogP contribution in [0, 0.1) is 23.7 Å². The van der Waals surface area contributed by atoms with Crippen LogP contribution in [0.25, 0.3) is 43.6 Å². The molecule has 2 aliphatic heterocycles. The van der Waals surface area contributed by atoms with Gasteiger partial charge >= 0.3 is 0 Å². The van der Waals surface area contributed by atoms with Gasteiger partial charge < -0.3 is 29.2 Å². The van der Waals surface area contributed by atoms with Gasteiger partial charge in [0.1, 0.15) is 50.5 Å². The fourth-order valence-corrected chi connectivity index (χ4v) is 10.6. The molecule has 6 atom stereocenters. The average molecular weight is 886 g/mol. The third-order valence-corrected chi connectivity index (χ3v) is 13.8. The summed E-state index contributed by atoms with van der Waals surface area (Å²) in [5.74, 6) is 9.82. The van der Waals surface area contributed by atoms with E-state index in [4.69, 9.17) is 42.6 Å². The molecule has 4 fully saturated rings. The number of fused-ring (bicyclic) bond motifs is 5. The molecule has 0 radical (unpaired) electrons. The number of methoxy groups -OCH3 is 2. The Bertz CT molecular complexity index is 3340. The summed E-state index contributed by atoms with van der Waals surface area (Å²) in [4.78, 5) is 57.9. The van der Waals surface area contributed by atoms with Gasteiger partial charge in [0.15, 0.2) is 0 Å². The number of hydrogen-bond acceptors (Lipinski definition) is 8. The van der Waals surface area contributed by atoms with Crippen LogP contribution in [0.5, 0.6) is 11.5 Å². The predicted molar refractivity (Wildman–Crippen MR) is 244 cm³/mol. The Balaban J connectivity index is 0.761. The molecule has 2 N–H and O–H groups in total. The molecule has 4 aliphatic rings. The number of carbonyl (C=O) groups is 2. The van der Waals surface area contributed by atoms with Crippen molar-refractivity contribution in [3.05, 3.63) is 142 Å². The van der Waals surface area contributed by atoms with Gasteiger partial charge in [0.05, 0.1) is 44.4 Å². The molecule has 4 aromatic heterocycles. The van der Waals surface area contributed by atoms with Crippen LogP contribution in [0.15, 0.2) is 97.3 Å². The zero-order valence-corrected chi connectivity index (χ0v) is 36.1. The minimum atomic E-state index is -0.226. The summed E-state index contributed by atoms with van der Waals surface area (Å²) in [7, 11) is 3.20. The Morgan fingerprint density at radius 2 is 1.20 bits per heavy atom. The number of piperidine rings is 2. The van der Waals surface area contributed by atoms with E-state index in [1.165, 1.54) is 0 Å². The summed E-state index contributed by atoms with van der Waals surface area (Å²) in [6, 6.07) is 26.9. The number of halogens is 2. The van der Waals surface area contributed by atoms with Gasteiger partial charge in [0, 0.05) is 44.8 Å². The number of H-pyrrole nitrogens is 2. The number of imidazole rings is 2. The number of ether oxygens (including phenoxy) is 2. The summed E-state index contributed by atoms with van der Waals surface area (Å²) in [6.07, 6.45) is 7.16. The highest BCUT2D eigenvalue weighted by Crippen LogP contribution is 2.55. The number of aromatic nitrogens is 6. The molecule has 14 heteroatoms. The molecule has 0 unspecified atom stereocenters. The fraction of sp³-hybridized carbons (Fsp3) is 0.240. The molecule has 2 amide bonds. The van der Waals surface area contributed by atoms with E-state index in [-0.39, 0.29) is 46.3 Å². The highest BCUT2D eigenvalue weighted by molar-refractivity contribution is 6.31.